The normalized spacial score (nSPS) is 25.9. The third-order valence-corrected chi connectivity index (χ3v) is 5.57. The van der Waals surface area contributed by atoms with Crippen molar-refractivity contribution >= 4 is 17.7 Å². The molecule has 0 heterocycles. The van der Waals surface area contributed by atoms with Gasteiger partial charge in [-0.1, -0.05) is 12.5 Å². The molecule has 1 aromatic carbocycles. The second-order valence-corrected chi connectivity index (χ2v) is 7.05. The lowest BCUT2D eigenvalue weighted by Gasteiger charge is -2.27. The predicted molar refractivity (Wildman–Crippen MR) is 84.7 cm³/mol. The van der Waals surface area contributed by atoms with Crippen LogP contribution in [0.25, 0.3) is 0 Å². The second-order valence-electron chi connectivity index (χ2n) is 5.88. The number of hydrogen-bond acceptors (Lipinski definition) is 3. The average Bonchev–Trinajstić information content (AvgIpc) is 2.77. The summed E-state index contributed by atoms with van der Waals surface area (Å²) in [6.07, 6.45) is 3.73. The van der Waals surface area contributed by atoms with Gasteiger partial charge in [-0.3, -0.25) is 4.79 Å². The molecular formula is C16H24N2OS. The minimum Gasteiger partial charge on any atom is -0.368 e. The highest BCUT2D eigenvalue weighted by Gasteiger charge is 2.43. The standard InChI is InChI=1S/C16H24N2OS/c1-11-5-6-14(10-12(11)2)20-9-7-13-4-3-8-16(13,18)15(17)19/h5-6,10,13H,3-4,7-9,18H2,1-2H3,(H2,17,19). The van der Waals surface area contributed by atoms with Crippen molar-refractivity contribution in [2.75, 3.05) is 5.75 Å². The molecule has 0 radical (unpaired) electrons. The topological polar surface area (TPSA) is 69.1 Å². The van der Waals surface area contributed by atoms with Crippen molar-refractivity contribution in [1.29, 1.82) is 0 Å². The molecule has 2 atom stereocenters. The molecule has 0 aliphatic heterocycles. The van der Waals surface area contributed by atoms with Crippen molar-refractivity contribution < 1.29 is 4.79 Å². The van der Waals surface area contributed by atoms with Crippen LogP contribution in [0.15, 0.2) is 23.1 Å². The summed E-state index contributed by atoms with van der Waals surface area (Å²) >= 11 is 1.83. The van der Waals surface area contributed by atoms with E-state index < -0.39 is 5.54 Å². The molecule has 0 saturated heterocycles. The maximum absolute atomic E-state index is 11.5. The number of benzene rings is 1. The van der Waals surface area contributed by atoms with E-state index in [0.29, 0.717) is 0 Å². The van der Waals surface area contributed by atoms with Crippen LogP contribution in [0.3, 0.4) is 0 Å². The third-order valence-electron chi connectivity index (χ3n) is 4.54. The largest absolute Gasteiger partial charge is 0.368 e. The SMILES string of the molecule is Cc1ccc(SCCC2CCCC2(N)C(N)=O)cc1C. The molecule has 3 nitrogen and oxygen atoms in total. The van der Waals surface area contributed by atoms with E-state index in [0.717, 1.165) is 31.4 Å². The maximum Gasteiger partial charge on any atom is 0.237 e. The summed E-state index contributed by atoms with van der Waals surface area (Å²) in [6, 6.07) is 6.54. The van der Waals surface area contributed by atoms with Crippen LogP contribution in [0.2, 0.25) is 0 Å². The number of rotatable bonds is 5. The van der Waals surface area contributed by atoms with Gasteiger partial charge in [0, 0.05) is 4.90 Å². The van der Waals surface area contributed by atoms with Crippen LogP contribution in [0.5, 0.6) is 0 Å². The number of nitrogens with two attached hydrogens (primary N) is 2. The summed E-state index contributed by atoms with van der Waals surface area (Å²) in [7, 11) is 0. The summed E-state index contributed by atoms with van der Waals surface area (Å²) in [4.78, 5) is 12.8. The number of carbonyl (C=O) groups is 1. The molecular weight excluding hydrogens is 268 g/mol. The minimum absolute atomic E-state index is 0.235. The van der Waals surface area contributed by atoms with Gasteiger partial charge < -0.3 is 11.5 Å². The van der Waals surface area contributed by atoms with E-state index in [2.05, 4.69) is 32.0 Å². The first kappa shape index (κ1) is 15.4. The van der Waals surface area contributed by atoms with Gasteiger partial charge in [-0.15, -0.1) is 11.8 Å². The van der Waals surface area contributed by atoms with Crippen LogP contribution in [-0.2, 0) is 4.79 Å². The number of carbonyl (C=O) groups excluding carboxylic acids is 1. The van der Waals surface area contributed by atoms with Gasteiger partial charge in [-0.2, -0.15) is 0 Å². The van der Waals surface area contributed by atoms with Gasteiger partial charge in [0.05, 0.1) is 5.54 Å². The van der Waals surface area contributed by atoms with Crippen molar-refractivity contribution in [3.8, 4) is 0 Å². The van der Waals surface area contributed by atoms with Crippen LogP contribution < -0.4 is 11.5 Å². The Morgan fingerprint density at radius 1 is 1.40 bits per heavy atom. The van der Waals surface area contributed by atoms with E-state index in [-0.39, 0.29) is 11.8 Å². The van der Waals surface area contributed by atoms with Gasteiger partial charge in [0.2, 0.25) is 5.91 Å². The Balaban J connectivity index is 1.89. The predicted octanol–water partition coefficient (Wildman–Crippen LogP) is 2.77. The fourth-order valence-electron chi connectivity index (χ4n) is 2.95. The van der Waals surface area contributed by atoms with E-state index in [1.54, 1.807) is 0 Å². The summed E-state index contributed by atoms with van der Waals surface area (Å²) in [5, 5.41) is 0. The smallest absolute Gasteiger partial charge is 0.237 e. The summed E-state index contributed by atoms with van der Waals surface area (Å²) in [5.74, 6) is 0.884. The Labute approximate surface area is 125 Å². The second kappa shape index (κ2) is 6.19. The van der Waals surface area contributed by atoms with E-state index in [1.807, 2.05) is 11.8 Å². The van der Waals surface area contributed by atoms with Gasteiger partial charge in [0.1, 0.15) is 0 Å². The van der Waals surface area contributed by atoms with Gasteiger partial charge in [0.25, 0.3) is 0 Å². The first-order chi connectivity index (χ1) is 9.43. The molecule has 1 aliphatic carbocycles. The van der Waals surface area contributed by atoms with Crippen molar-refractivity contribution in [2.45, 2.75) is 50.0 Å². The molecule has 1 amide bonds. The van der Waals surface area contributed by atoms with Crippen LogP contribution in [-0.4, -0.2) is 17.2 Å². The van der Waals surface area contributed by atoms with Gasteiger partial charge in [0.15, 0.2) is 0 Å². The molecule has 0 aromatic heterocycles. The van der Waals surface area contributed by atoms with Crippen molar-refractivity contribution in [3.63, 3.8) is 0 Å². The Bertz CT molecular complexity index is 503. The van der Waals surface area contributed by atoms with E-state index in [4.69, 9.17) is 11.5 Å². The van der Waals surface area contributed by atoms with Crippen molar-refractivity contribution in [2.24, 2.45) is 17.4 Å². The fraction of sp³-hybridized carbons (Fsp3) is 0.562. The quantitative estimate of drug-likeness (QED) is 0.820. The number of primary amides is 1. The Morgan fingerprint density at radius 2 is 2.15 bits per heavy atom. The molecule has 1 fully saturated rings. The van der Waals surface area contributed by atoms with Gasteiger partial charge >= 0.3 is 0 Å². The first-order valence-corrected chi connectivity index (χ1v) is 8.21. The zero-order valence-electron chi connectivity index (χ0n) is 12.3. The minimum atomic E-state index is -0.774. The van der Waals surface area contributed by atoms with Crippen molar-refractivity contribution in [3.05, 3.63) is 29.3 Å². The highest BCUT2D eigenvalue weighted by atomic mass is 32.2. The molecule has 110 valence electrons. The Kier molecular flexibility index (Phi) is 4.76. The number of amides is 1. The third kappa shape index (κ3) is 3.18. The molecule has 0 spiro atoms. The lowest BCUT2D eigenvalue weighted by Crippen LogP contribution is -2.54. The lowest BCUT2D eigenvalue weighted by atomic mass is 9.85. The van der Waals surface area contributed by atoms with Crippen molar-refractivity contribution in [1.82, 2.24) is 0 Å². The highest BCUT2D eigenvalue weighted by molar-refractivity contribution is 7.99. The zero-order chi connectivity index (χ0) is 14.8. The maximum atomic E-state index is 11.5. The monoisotopic (exact) mass is 292 g/mol. The Morgan fingerprint density at radius 3 is 2.80 bits per heavy atom. The Hall–Kier alpha value is -1.00. The lowest BCUT2D eigenvalue weighted by molar-refractivity contribution is -0.124. The molecule has 4 heteroatoms. The van der Waals surface area contributed by atoms with Crippen LogP contribution in [0.4, 0.5) is 0 Å². The molecule has 1 aliphatic rings. The fourth-order valence-corrected chi connectivity index (χ4v) is 4.01. The summed E-state index contributed by atoms with van der Waals surface area (Å²) in [5.41, 5.74) is 13.5. The molecule has 4 N–H and O–H groups in total. The first-order valence-electron chi connectivity index (χ1n) is 7.22. The molecule has 1 saturated carbocycles. The highest BCUT2D eigenvalue weighted by Crippen LogP contribution is 2.37. The van der Waals surface area contributed by atoms with Gasteiger partial charge in [-0.05, 0) is 68.0 Å². The summed E-state index contributed by atoms with van der Waals surface area (Å²) < 4.78 is 0. The molecule has 2 unspecified atom stereocenters. The van der Waals surface area contributed by atoms with E-state index in [9.17, 15) is 4.79 Å². The number of hydrogen-bond donors (Lipinski definition) is 2. The molecule has 0 bridgehead atoms. The average molecular weight is 292 g/mol. The molecule has 1 aromatic rings. The van der Waals surface area contributed by atoms with Crippen LogP contribution in [0, 0.1) is 19.8 Å². The summed E-state index contributed by atoms with van der Waals surface area (Å²) in [6.45, 7) is 4.26. The molecule has 20 heavy (non-hydrogen) atoms. The van der Waals surface area contributed by atoms with E-state index >= 15 is 0 Å². The number of aryl methyl sites for hydroxylation is 2. The van der Waals surface area contributed by atoms with Crippen LogP contribution in [0.1, 0.15) is 36.8 Å². The van der Waals surface area contributed by atoms with Gasteiger partial charge in [-0.25, -0.2) is 0 Å². The number of thioether (sulfide) groups is 1. The molecule has 2 rings (SSSR count). The van der Waals surface area contributed by atoms with E-state index in [1.165, 1.54) is 16.0 Å². The van der Waals surface area contributed by atoms with Crippen LogP contribution >= 0.6 is 11.8 Å². The zero-order valence-corrected chi connectivity index (χ0v) is 13.1.